The van der Waals surface area contributed by atoms with Crippen LogP contribution in [0.4, 0.5) is 44.9 Å². The Morgan fingerprint density at radius 2 is 1.71 bits per heavy atom. The molecule has 1 aromatic heterocycles. The maximum Gasteiger partial charge on any atom is 0.332 e. The summed E-state index contributed by atoms with van der Waals surface area (Å²) in [5, 5.41) is 17.2. The minimum Gasteiger partial charge on any atom is -0.494 e. The SMILES string of the molecule is COc1cc(N2CCN(C)CC2)ccc1N(C(=O)Nc1ccccc1)c1cc(Nc2cccc([N+](=O)[O-])c2)ncn1. The second kappa shape index (κ2) is 12.3. The third-order valence-electron chi connectivity index (χ3n) is 6.71. The van der Waals surface area contributed by atoms with E-state index in [0.717, 1.165) is 31.9 Å². The molecule has 1 saturated heterocycles. The van der Waals surface area contributed by atoms with Crippen LogP contribution in [0.25, 0.3) is 0 Å². The Kier molecular flexibility index (Phi) is 8.20. The number of anilines is 6. The fraction of sp³-hybridized carbons (Fsp3) is 0.207. The lowest BCUT2D eigenvalue weighted by molar-refractivity contribution is -0.384. The molecule has 0 saturated carbocycles. The number of nitrogens with one attached hydrogen (secondary N) is 2. The van der Waals surface area contributed by atoms with E-state index in [1.54, 1.807) is 37.4 Å². The number of ether oxygens (including phenoxy) is 1. The van der Waals surface area contributed by atoms with E-state index in [1.807, 2.05) is 36.4 Å². The van der Waals surface area contributed by atoms with Gasteiger partial charge in [-0.25, -0.2) is 19.7 Å². The second-order valence-electron chi connectivity index (χ2n) is 9.47. The zero-order valence-corrected chi connectivity index (χ0v) is 22.7. The maximum absolute atomic E-state index is 13.8. The summed E-state index contributed by atoms with van der Waals surface area (Å²) in [7, 11) is 3.67. The number of nitro benzene ring substituents is 1. The van der Waals surface area contributed by atoms with Gasteiger partial charge in [0.2, 0.25) is 0 Å². The molecule has 4 aromatic rings. The molecule has 210 valence electrons. The van der Waals surface area contributed by atoms with Crippen LogP contribution in [-0.4, -0.2) is 66.2 Å². The van der Waals surface area contributed by atoms with Gasteiger partial charge in [-0.3, -0.25) is 10.1 Å². The number of rotatable bonds is 8. The second-order valence-corrected chi connectivity index (χ2v) is 9.47. The van der Waals surface area contributed by atoms with Gasteiger partial charge >= 0.3 is 6.03 Å². The Morgan fingerprint density at radius 1 is 0.951 bits per heavy atom. The summed E-state index contributed by atoms with van der Waals surface area (Å²) in [5.41, 5.74) is 2.51. The highest BCUT2D eigenvalue weighted by Crippen LogP contribution is 2.37. The Morgan fingerprint density at radius 3 is 2.44 bits per heavy atom. The van der Waals surface area contributed by atoms with Crippen LogP contribution in [0.3, 0.4) is 0 Å². The van der Waals surface area contributed by atoms with Gasteiger partial charge in [-0.05, 0) is 37.4 Å². The van der Waals surface area contributed by atoms with Crippen LogP contribution in [0.1, 0.15) is 0 Å². The molecule has 2 amide bonds. The molecule has 0 atom stereocenters. The lowest BCUT2D eigenvalue weighted by Gasteiger charge is -2.34. The molecule has 0 bridgehead atoms. The first-order valence-electron chi connectivity index (χ1n) is 13.0. The number of methoxy groups -OCH3 is 1. The van der Waals surface area contributed by atoms with Gasteiger partial charge in [-0.15, -0.1) is 0 Å². The lowest BCUT2D eigenvalue weighted by atomic mass is 10.2. The van der Waals surface area contributed by atoms with Gasteiger partial charge in [0.25, 0.3) is 5.69 Å². The minimum atomic E-state index is -0.468. The number of carbonyl (C=O) groups excluding carboxylic acids is 1. The van der Waals surface area contributed by atoms with Crippen LogP contribution in [0.15, 0.2) is 85.2 Å². The van der Waals surface area contributed by atoms with Crippen LogP contribution in [-0.2, 0) is 0 Å². The molecular formula is C29H30N8O4. The van der Waals surface area contributed by atoms with E-state index in [2.05, 4.69) is 37.4 Å². The summed E-state index contributed by atoms with van der Waals surface area (Å²) < 4.78 is 5.78. The third-order valence-corrected chi connectivity index (χ3v) is 6.71. The number of nitrogens with zero attached hydrogens (tertiary/aromatic N) is 6. The third kappa shape index (κ3) is 6.50. The lowest BCUT2D eigenvalue weighted by Crippen LogP contribution is -2.44. The van der Waals surface area contributed by atoms with Crippen molar-refractivity contribution in [2.45, 2.75) is 0 Å². The topological polar surface area (TPSA) is 129 Å². The minimum absolute atomic E-state index is 0.0571. The highest BCUT2D eigenvalue weighted by molar-refractivity contribution is 6.07. The van der Waals surface area contributed by atoms with Crippen LogP contribution in [0.2, 0.25) is 0 Å². The summed E-state index contributed by atoms with van der Waals surface area (Å²) in [6, 6.07) is 22.1. The first-order chi connectivity index (χ1) is 19.9. The molecule has 0 radical (unpaired) electrons. The fourth-order valence-corrected chi connectivity index (χ4v) is 4.53. The predicted molar refractivity (Wildman–Crippen MR) is 159 cm³/mol. The van der Waals surface area contributed by atoms with Crippen molar-refractivity contribution in [1.29, 1.82) is 0 Å². The van der Waals surface area contributed by atoms with Crippen molar-refractivity contribution in [3.63, 3.8) is 0 Å². The molecule has 5 rings (SSSR count). The van der Waals surface area contributed by atoms with Crippen molar-refractivity contribution in [2.75, 3.05) is 60.8 Å². The number of hydrogen-bond donors (Lipinski definition) is 2. The van der Waals surface area contributed by atoms with Crippen molar-refractivity contribution in [1.82, 2.24) is 14.9 Å². The van der Waals surface area contributed by atoms with E-state index in [-0.39, 0.29) is 11.5 Å². The Hall–Kier alpha value is -5.23. The summed E-state index contributed by atoms with van der Waals surface area (Å²) >= 11 is 0. The molecule has 2 heterocycles. The molecule has 1 fully saturated rings. The number of aromatic nitrogens is 2. The molecule has 1 aliphatic rings. The number of piperazine rings is 1. The van der Waals surface area contributed by atoms with Crippen molar-refractivity contribution in [2.24, 2.45) is 0 Å². The number of carbonyl (C=O) groups is 1. The van der Waals surface area contributed by atoms with Gasteiger partial charge in [0.1, 0.15) is 23.7 Å². The standard InChI is InChI=1S/C29H30N8O4/c1-34-13-15-35(16-14-34)23-11-12-25(26(18-23)41-2)36(29(38)33-21-7-4-3-5-8-21)28-19-27(30-20-31-28)32-22-9-6-10-24(17-22)37(39)40/h3-12,17-20H,13-16H2,1-2H3,(H,33,38)(H,30,31,32). The maximum atomic E-state index is 13.8. The first kappa shape index (κ1) is 27.3. The van der Waals surface area contributed by atoms with E-state index in [0.29, 0.717) is 28.6 Å². The summed E-state index contributed by atoms with van der Waals surface area (Å²) in [5.74, 6) is 1.12. The van der Waals surface area contributed by atoms with Crippen LogP contribution in [0.5, 0.6) is 5.75 Å². The number of para-hydroxylation sites is 1. The average Bonchev–Trinajstić information content (AvgIpc) is 2.99. The fourth-order valence-electron chi connectivity index (χ4n) is 4.53. The number of likely N-dealkylation sites (N-methyl/N-ethyl adjacent to an activating group) is 1. The first-order valence-corrected chi connectivity index (χ1v) is 13.0. The van der Waals surface area contributed by atoms with Crippen molar-refractivity contribution >= 4 is 46.1 Å². The summed E-state index contributed by atoms with van der Waals surface area (Å²) in [6.45, 7) is 3.68. The number of non-ortho nitro benzene ring substituents is 1. The number of benzene rings is 3. The molecule has 2 N–H and O–H groups in total. The molecule has 12 nitrogen and oxygen atoms in total. The molecular weight excluding hydrogens is 524 g/mol. The summed E-state index contributed by atoms with van der Waals surface area (Å²) in [4.78, 5) is 39.2. The summed E-state index contributed by atoms with van der Waals surface area (Å²) in [6.07, 6.45) is 1.32. The smallest absolute Gasteiger partial charge is 0.332 e. The monoisotopic (exact) mass is 554 g/mol. The Bertz CT molecular complexity index is 1530. The molecule has 12 heteroatoms. The highest BCUT2D eigenvalue weighted by Gasteiger charge is 2.25. The highest BCUT2D eigenvalue weighted by atomic mass is 16.6. The van der Waals surface area contributed by atoms with E-state index < -0.39 is 11.0 Å². The van der Waals surface area contributed by atoms with Gasteiger partial charge in [-0.1, -0.05) is 24.3 Å². The Balaban J connectivity index is 1.51. The largest absolute Gasteiger partial charge is 0.494 e. The van der Waals surface area contributed by atoms with Crippen LogP contribution >= 0.6 is 0 Å². The zero-order chi connectivity index (χ0) is 28.8. The Labute approximate surface area is 237 Å². The van der Waals surface area contributed by atoms with Gasteiger partial charge in [0.05, 0.1) is 17.7 Å². The molecule has 0 unspecified atom stereocenters. The zero-order valence-electron chi connectivity index (χ0n) is 22.7. The quantitative estimate of drug-likeness (QED) is 0.221. The molecule has 0 spiro atoms. The number of amides is 2. The van der Waals surface area contributed by atoms with Crippen LogP contribution < -0.4 is 25.2 Å². The van der Waals surface area contributed by atoms with Crippen molar-refractivity contribution < 1.29 is 14.5 Å². The molecule has 1 aliphatic heterocycles. The number of nitro groups is 1. The van der Waals surface area contributed by atoms with Gasteiger partial charge in [-0.2, -0.15) is 0 Å². The molecule has 3 aromatic carbocycles. The normalized spacial score (nSPS) is 13.4. The van der Waals surface area contributed by atoms with E-state index in [4.69, 9.17) is 4.74 Å². The van der Waals surface area contributed by atoms with Gasteiger partial charge in [0.15, 0.2) is 0 Å². The van der Waals surface area contributed by atoms with E-state index >= 15 is 0 Å². The number of hydrogen-bond acceptors (Lipinski definition) is 9. The van der Waals surface area contributed by atoms with Crippen molar-refractivity contribution in [3.05, 3.63) is 95.3 Å². The van der Waals surface area contributed by atoms with Gasteiger partial charge < -0.3 is 25.2 Å². The van der Waals surface area contributed by atoms with E-state index in [1.165, 1.54) is 23.4 Å². The molecule has 0 aliphatic carbocycles. The van der Waals surface area contributed by atoms with E-state index in [9.17, 15) is 14.9 Å². The number of urea groups is 1. The van der Waals surface area contributed by atoms with Gasteiger partial charge in [0, 0.05) is 67.5 Å². The predicted octanol–water partition coefficient (Wildman–Crippen LogP) is 5.26. The van der Waals surface area contributed by atoms with Crippen molar-refractivity contribution in [3.8, 4) is 5.75 Å². The molecule has 41 heavy (non-hydrogen) atoms. The van der Waals surface area contributed by atoms with Crippen LogP contribution in [0, 0.1) is 10.1 Å². The average molecular weight is 555 g/mol.